The molecule has 0 fully saturated rings. The van der Waals surface area contributed by atoms with Gasteiger partial charge in [-0.05, 0) is 36.6 Å². The van der Waals surface area contributed by atoms with Crippen LogP contribution in [0.4, 0.5) is 0 Å². The molecule has 20 heavy (non-hydrogen) atoms. The van der Waals surface area contributed by atoms with Crippen LogP contribution in [-0.2, 0) is 9.59 Å². The summed E-state index contributed by atoms with van der Waals surface area (Å²) in [6, 6.07) is 7.64. The quantitative estimate of drug-likeness (QED) is 0.592. The lowest BCUT2D eigenvalue weighted by Crippen LogP contribution is -2.23. The molecule has 1 aromatic rings. The Kier molecular flexibility index (Phi) is 7.01. The van der Waals surface area contributed by atoms with Gasteiger partial charge in [0.05, 0.1) is 5.92 Å². The maximum Gasteiger partial charge on any atom is 0.306 e. The highest BCUT2D eigenvalue weighted by atomic mass is 79.9. The summed E-state index contributed by atoms with van der Waals surface area (Å²) in [5.41, 5.74) is 0.939. The first-order chi connectivity index (χ1) is 9.49. The van der Waals surface area contributed by atoms with Crippen LogP contribution in [0.15, 0.2) is 34.8 Å². The molecule has 1 amide bonds. The van der Waals surface area contributed by atoms with Gasteiger partial charge in [0.25, 0.3) is 0 Å². The standard InChI is InChI=1S/C15H18BrNO3/c1-11(15(19)20)4-3-9-17-14(18)8-7-12-5-2-6-13(16)10-12/h2,5-8,10-11H,3-4,9H2,1H3,(H,17,18)(H,19,20)/b8-7+. The van der Waals surface area contributed by atoms with Crippen molar-refractivity contribution in [2.24, 2.45) is 5.92 Å². The molecule has 0 saturated heterocycles. The normalized spacial score (nSPS) is 12.3. The van der Waals surface area contributed by atoms with E-state index in [1.54, 1.807) is 13.0 Å². The van der Waals surface area contributed by atoms with E-state index in [1.807, 2.05) is 24.3 Å². The number of hydrogen-bond acceptors (Lipinski definition) is 2. The maximum absolute atomic E-state index is 11.6. The van der Waals surface area contributed by atoms with Crippen molar-refractivity contribution in [3.05, 3.63) is 40.4 Å². The van der Waals surface area contributed by atoms with Gasteiger partial charge in [-0.2, -0.15) is 0 Å². The van der Waals surface area contributed by atoms with Crippen LogP contribution in [0.5, 0.6) is 0 Å². The molecule has 0 aromatic heterocycles. The Morgan fingerprint density at radius 3 is 2.85 bits per heavy atom. The molecular formula is C15H18BrNO3. The van der Waals surface area contributed by atoms with Crippen molar-refractivity contribution < 1.29 is 14.7 Å². The number of amides is 1. The number of nitrogens with one attached hydrogen (secondary N) is 1. The monoisotopic (exact) mass is 339 g/mol. The van der Waals surface area contributed by atoms with Gasteiger partial charge in [0, 0.05) is 17.1 Å². The lowest BCUT2D eigenvalue weighted by molar-refractivity contribution is -0.141. The number of aliphatic carboxylic acids is 1. The van der Waals surface area contributed by atoms with Gasteiger partial charge in [0.1, 0.15) is 0 Å². The number of carboxylic acid groups (broad SMARTS) is 1. The molecule has 0 radical (unpaired) electrons. The lowest BCUT2D eigenvalue weighted by Gasteiger charge is -2.05. The van der Waals surface area contributed by atoms with E-state index in [9.17, 15) is 9.59 Å². The van der Waals surface area contributed by atoms with Crippen molar-refractivity contribution in [3.8, 4) is 0 Å². The molecule has 0 saturated carbocycles. The molecule has 1 rings (SSSR count). The van der Waals surface area contributed by atoms with E-state index in [0.29, 0.717) is 19.4 Å². The van der Waals surface area contributed by atoms with Gasteiger partial charge in [-0.15, -0.1) is 0 Å². The van der Waals surface area contributed by atoms with E-state index < -0.39 is 5.97 Å². The molecule has 1 atom stereocenters. The Morgan fingerprint density at radius 1 is 1.45 bits per heavy atom. The average molecular weight is 340 g/mol. The van der Waals surface area contributed by atoms with Crippen LogP contribution in [0, 0.1) is 5.92 Å². The van der Waals surface area contributed by atoms with E-state index in [4.69, 9.17) is 5.11 Å². The third kappa shape index (κ3) is 6.52. The Balaban J connectivity index is 2.28. The summed E-state index contributed by atoms with van der Waals surface area (Å²) in [4.78, 5) is 22.2. The van der Waals surface area contributed by atoms with Gasteiger partial charge in [-0.3, -0.25) is 9.59 Å². The lowest BCUT2D eigenvalue weighted by atomic mass is 10.1. The van der Waals surface area contributed by atoms with E-state index in [0.717, 1.165) is 10.0 Å². The number of benzene rings is 1. The Labute approximate surface area is 127 Å². The van der Waals surface area contributed by atoms with E-state index in [1.165, 1.54) is 6.08 Å². The zero-order valence-electron chi connectivity index (χ0n) is 11.3. The fraction of sp³-hybridized carbons (Fsp3) is 0.333. The molecule has 5 heteroatoms. The second-order valence-electron chi connectivity index (χ2n) is 4.56. The molecule has 0 bridgehead atoms. The fourth-order valence-electron chi connectivity index (χ4n) is 1.58. The van der Waals surface area contributed by atoms with Crippen LogP contribution in [-0.4, -0.2) is 23.5 Å². The van der Waals surface area contributed by atoms with Crippen molar-refractivity contribution in [3.63, 3.8) is 0 Å². The Bertz CT molecular complexity index is 500. The molecule has 4 nitrogen and oxygen atoms in total. The number of carbonyl (C=O) groups excluding carboxylic acids is 1. The molecular weight excluding hydrogens is 322 g/mol. The highest BCUT2D eigenvalue weighted by Crippen LogP contribution is 2.12. The van der Waals surface area contributed by atoms with Gasteiger partial charge in [0.15, 0.2) is 0 Å². The van der Waals surface area contributed by atoms with Gasteiger partial charge in [-0.25, -0.2) is 0 Å². The summed E-state index contributed by atoms with van der Waals surface area (Å²) in [5.74, 6) is -1.34. The van der Waals surface area contributed by atoms with Crippen LogP contribution in [0.1, 0.15) is 25.3 Å². The van der Waals surface area contributed by atoms with Gasteiger partial charge >= 0.3 is 5.97 Å². The predicted molar refractivity (Wildman–Crippen MR) is 82.2 cm³/mol. The van der Waals surface area contributed by atoms with Crippen LogP contribution >= 0.6 is 15.9 Å². The molecule has 108 valence electrons. The Hall–Kier alpha value is -1.62. The van der Waals surface area contributed by atoms with Crippen molar-refractivity contribution >= 4 is 33.9 Å². The number of halogens is 1. The number of carboxylic acids is 1. The van der Waals surface area contributed by atoms with Crippen LogP contribution < -0.4 is 5.32 Å². The minimum Gasteiger partial charge on any atom is -0.481 e. The summed E-state index contributed by atoms with van der Waals surface area (Å²) in [7, 11) is 0. The summed E-state index contributed by atoms with van der Waals surface area (Å²) in [5, 5.41) is 11.5. The number of carbonyl (C=O) groups is 2. The van der Waals surface area contributed by atoms with Crippen LogP contribution in [0.2, 0.25) is 0 Å². The molecule has 1 aromatic carbocycles. The number of hydrogen-bond donors (Lipinski definition) is 2. The minimum atomic E-state index is -0.800. The highest BCUT2D eigenvalue weighted by molar-refractivity contribution is 9.10. The molecule has 2 N–H and O–H groups in total. The smallest absolute Gasteiger partial charge is 0.306 e. The average Bonchev–Trinajstić information content (AvgIpc) is 2.41. The van der Waals surface area contributed by atoms with E-state index in [2.05, 4.69) is 21.2 Å². The van der Waals surface area contributed by atoms with Gasteiger partial charge in [0.2, 0.25) is 5.91 Å². The number of rotatable bonds is 7. The molecule has 0 aliphatic rings. The van der Waals surface area contributed by atoms with Gasteiger partial charge in [-0.1, -0.05) is 35.0 Å². The second-order valence-corrected chi connectivity index (χ2v) is 5.48. The van der Waals surface area contributed by atoms with Crippen molar-refractivity contribution in [1.82, 2.24) is 5.32 Å². The Morgan fingerprint density at radius 2 is 2.20 bits per heavy atom. The summed E-state index contributed by atoms with van der Waals surface area (Å²) < 4.78 is 0.961. The predicted octanol–water partition coefficient (Wildman–Crippen LogP) is 3.08. The van der Waals surface area contributed by atoms with Crippen molar-refractivity contribution in [2.45, 2.75) is 19.8 Å². The molecule has 0 aliphatic heterocycles. The molecule has 1 unspecified atom stereocenters. The molecule has 0 aliphatic carbocycles. The summed E-state index contributed by atoms with van der Waals surface area (Å²) in [6.07, 6.45) is 4.43. The first-order valence-corrected chi connectivity index (χ1v) is 7.22. The van der Waals surface area contributed by atoms with Crippen LogP contribution in [0.25, 0.3) is 6.08 Å². The first kappa shape index (κ1) is 16.4. The zero-order chi connectivity index (χ0) is 15.0. The van der Waals surface area contributed by atoms with Crippen molar-refractivity contribution in [2.75, 3.05) is 6.54 Å². The third-order valence-corrected chi connectivity index (χ3v) is 3.30. The molecule has 0 spiro atoms. The first-order valence-electron chi connectivity index (χ1n) is 6.43. The van der Waals surface area contributed by atoms with E-state index >= 15 is 0 Å². The summed E-state index contributed by atoms with van der Waals surface area (Å²) in [6.45, 7) is 2.15. The third-order valence-electron chi connectivity index (χ3n) is 2.81. The maximum atomic E-state index is 11.6. The minimum absolute atomic E-state index is 0.173. The largest absolute Gasteiger partial charge is 0.481 e. The van der Waals surface area contributed by atoms with Crippen LogP contribution in [0.3, 0.4) is 0 Å². The second kappa shape index (κ2) is 8.53. The zero-order valence-corrected chi connectivity index (χ0v) is 12.9. The topological polar surface area (TPSA) is 66.4 Å². The SMILES string of the molecule is CC(CCCNC(=O)/C=C/c1cccc(Br)c1)C(=O)O. The van der Waals surface area contributed by atoms with Gasteiger partial charge < -0.3 is 10.4 Å². The molecule has 0 heterocycles. The summed E-state index contributed by atoms with van der Waals surface area (Å²) >= 11 is 3.36. The highest BCUT2D eigenvalue weighted by Gasteiger charge is 2.09. The fourth-order valence-corrected chi connectivity index (χ4v) is 2.00. The van der Waals surface area contributed by atoms with Crippen molar-refractivity contribution in [1.29, 1.82) is 0 Å². The van der Waals surface area contributed by atoms with E-state index in [-0.39, 0.29) is 11.8 Å².